The molecule has 1 heterocycles. The Bertz CT molecular complexity index is 473. The first-order valence-corrected chi connectivity index (χ1v) is 7.45. The number of aryl methyl sites for hydroxylation is 1. The van der Waals surface area contributed by atoms with Gasteiger partial charge in [0.15, 0.2) is 0 Å². The van der Waals surface area contributed by atoms with E-state index >= 15 is 0 Å². The average Bonchev–Trinajstić information content (AvgIpc) is 2.86. The second kappa shape index (κ2) is 6.66. The third kappa shape index (κ3) is 3.40. The first-order chi connectivity index (χ1) is 8.83. The average molecular weight is 260 g/mol. The van der Waals surface area contributed by atoms with Crippen molar-refractivity contribution in [1.29, 1.82) is 0 Å². The number of rotatable bonds is 6. The van der Waals surface area contributed by atoms with Crippen molar-refractivity contribution in [2.24, 2.45) is 5.73 Å². The number of unbranched alkanes of at least 4 members (excludes halogenated alkanes) is 1. The molecule has 0 aliphatic carbocycles. The van der Waals surface area contributed by atoms with Gasteiger partial charge < -0.3 is 5.73 Å². The number of aromatic nitrogens is 1. The second-order valence-corrected chi connectivity index (χ2v) is 5.34. The van der Waals surface area contributed by atoms with Crippen molar-refractivity contribution in [1.82, 2.24) is 4.98 Å². The van der Waals surface area contributed by atoms with Crippen molar-refractivity contribution in [3.05, 3.63) is 40.9 Å². The number of thiazole rings is 1. The Labute approximate surface area is 113 Å². The summed E-state index contributed by atoms with van der Waals surface area (Å²) in [6, 6.07) is 8.79. The molecule has 0 amide bonds. The Kier molecular flexibility index (Phi) is 4.90. The summed E-state index contributed by atoms with van der Waals surface area (Å²) in [6.07, 6.45) is 4.55. The van der Waals surface area contributed by atoms with E-state index in [4.69, 9.17) is 5.73 Å². The predicted octanol–water partition coefficient (Wildman–Crippen LogP) is 3.65. The molecule has 0 spiro atoms. The summed E-state index contributed by atoms with van der Waals surface area (Å²) in [6.45, 7) is 2.89. The first-order valence-electron chi connectivity index (χ1n) is 6.57. The van der Waals surface area contributed by atoms with E-state index in [2.05, 4.69) is 41.6 Å². The third-order valence-corrected chi connectivity index (χ3v) is 3.91. The quantitative estimate of drug-likeness (QED) is 0.861. The van der Waals surface area contributed by atoms with E-state index < -0.39 is 0 Å². The van der Waals surface area contributed by atoms with Crippen molar-refractivity contribution in [3.63, 3.8) is 0 Å². The molecule has 2 N–H and O–H groups in total. The van der Waals surface area contributed by atoms with Crippen molar-refractivity contribution in [3.8, 4) is 10.6 Å². The monoisotopic (exact) mass is 260 g/mol. The fourth-order valence-electron chi connectivity index (χ4n) is 1.90. The lowest BCUT2D eigenvalue weighted by molar-refractivity contribution is 0.795. The Hall–Kier alpha value is -1.19. The summed E-state index contributed by atoms with van der Waals surface area (Å²) < 4.78 is 0. The fraction of sp³-hybridized carbons (Fsp3) is 0.400. The number of nitrogens with zero attached hydrogens (tertiary/aromatic N) is 1. The SMILES string of the molecule is CCCCc1ccc(-c2nc(CCN)cs2)cc1. The minimum atomic E-state index is 0.666. The minimum Gasteiger partial charge on any atom is -0.330 e. The highest BCUT2D eigenvalue weighted by atomic mass is 32.1. The van der Waals surface area contributed by atoms with Crippen molar-refractivity contribution in [2.75, 3.05) is 6.54 Å². The summed E-state index contributed by atoms with van der Waals surface area (Å²) in [5, 5.41) is 3.20. The molecular formula is C15H20N2S. The fourth-order valence-corrected chi connectivity index (χ4v) is 2.76. The van der Waals surface area contributed by atoms with Gasteiger partial charge in [0.25, 0.3) is 0 Å². The van der Waals surface area contributed by atoms with Crippen molar-refractivity contribution >= 4 is 11.3 Å². The van der Waals surface area contributed by atoms with Gasteiger partial charge in [-0.25, -0.2) is 4.98 Å². The van der Waals surface area contributed by atoms with Crippen molar-refractivity contribution < 1.29 is 0 Å². The molecule has 2 rings (SSSR count). The number of hydrogen-bond acceptors (Lipinski definition) is 3. The number of benzene rings is 1. The van der Waals surface area contributed by atoms with E-state index in [0.29, 0.717) is 6.54 Å². The third-order valence-electron chi connectivity index (χ3n) is 2.97. The lowest BCUT2D eigenvalue weighted by Crippen LogP contribution is -2.02. The molecule has 0 atom stereocenters. The van der Waals surface area contributed by atoms with Gasteiger partial charge in [-0.05, 0) is 24.9 Å². The number of hydrogen-bond donors (Lipinski definition) is 1. The normalized spacial score (nSPS) is 10.8. The van der Waals surface area contributed by atoms with Gasteiger partial charge in [-0.3, -0.25) is 0 Å². The molecule has 0 saturated heterocycles. The van der Waals surface area contributed by atoms with Crippen molar-refractivity contribution in [2.45, 2.75) is 32.6 Å². The van der Waals surface area contributed by atoms with Crippen LogP contribution < -0.4 is 5.73 Å². The maximum Gasteiger partial charge on any atom is 0.123 e. The molecule has 2 nitrogen and oxygen atoms in total. The molecular weight excluding hydrogens is 240 g/mol. The van der Waals surface area contributed by atoms with Gasteiger partial charge in [0.05, 0.1) is 5.69 Å². The maximum absolute atomic E-state index is 5.54. The topological polar surface area (TPSA) is 38.9 Å². The molecule has 3 heteroatoms. The van der Waals surface area contributed by atoms with Crippen LogP contribution in [0, 0.1) is 0 Å². The molecule has 0 bridgehead atoms. The van der Waals surface area contributed by atoms with E-state index in [1.165, 1.54) is 30.4 Å². The van der Waals surface area contributed by atoms with Gasteiger partial charge in [-0.15, -0.1) is 11.3 Å². The molecule has 0 aliphatic rings. The highest BCUT2D eigenvalue weighted by Crippen LogP contribution is 2.24. The smallest absolute Gasteiger partial charge is 0.123 e. The van der Waals surface area contributed by atoms with Crippen LogP contribution in [0.3, 0.4) is 0 Å². The van der Waals surface area contributed by atoms with Crippen LogP contribution in [0.5, 0.6) is 0 Å². The maximum atomic E-state index is 5.54. The molecule has 0 saturated carbocycles. The van der Waals surface area contributed by atoms with Gasteiger partial charge in [0, 0.05) is 17.4 Å². The highest BCUT2D eigenvalue weighted by Gasteiger charge is 2.04. The molecule has 18 heavy (non-hydrogen) atoms. The van der Waals surface area contributed by atoms with Gasteiger partial charge in [0.2, 0.25) is 0 Å². The summed E-state index contributed by atoms with van der Waals surface area (Å²) >= 11 is 1.70. The second-order valence-electron chi connectivity index (χ2n) is 4.48. The molecule has 1 aromatic carbocycles. The summed E-state index contributed by atoms with van der Waals surface area (Å²) in [5.41, 5.74) is 9.27. The minimum absolute atomic E-state index is 0.666. The Balaban J connectivity index is 2.07. The van der Waals surface area contributed by atoms with Crippen LogP contribution in [0.15, 0.2) is 29.6 Å². The van der Waals surface area contributed by atoms with E-state index in [1.807, 2.05) is 0 Å². The standard InChI is InChI=1S/C15H20N2S/c1-2-3-4-12-5-7-13(8-6-12)15-17-14(9-10-16)11-18-15/h5-8,11H,2-4,9-10,16H2,1H3. The van der Waals surface area contributed by atoms with Crippen LogP contribution in [0.1, 0.15) is 31.0 Å². The van der Waals surface area contributed by atoms with Crippen LogP contribution in [-0.2, 0) is 12.8 Å². The van der Waals surface area contributed by atoms with E-state index in [9.17, 15) is 0 Å². The molecule has 1 aromatic heterocycles. The van der Waals surface area contributed by atoms with Gasteiger partial charge in [0.1, 0.15) is 5.01 Å². The predicted molar refractivity (Wildman–Crippen MR) is 78.9 cm³/mol. The zero-order chi connectivity index (χ0) is 12.8. The number of nitrogens with two attached hydrogens (primary N) is 1. The Morgan fingerprint density at radius 2 is 1.94 bits per heavy atom. The first kappa shape index (κ1) is 13.2. The largest absolute Gasteiger partial charge is 0.330 e. The lowest BCUT2D eigenvalue weighted by atomic mass is 10.1. The van der Waals surface area contributed by atoms with Crippen LogP contribution in [0.2, 0.25) is 0 Å². The molecule has 0 fully saturated rings. The van der Waals surface area contributed by atoms with E-state index in [1.54, 1.807) is 11.3 Å². The molecule has 0 aliphatic heterocycles. The lowest BCUT2D eigenvalue weighted by Gasteiger charge is -2.01. The molecule has 96 valence electrons. The zero-order valence-electron chi connectivity index (χ0n) is 10.9. The summed E-state index contributed by atoms with van der Waals surface area (Å²) in [5.74, 6) is 0. The Morgan fingerprint density at radius 3 is 2.61 bits per heavy atom. The van der Waals surface area contributed by atoms with Crippen LogP contribution in [0.4, 0.5) is 0 Å². The molecule has 0 unspecified atom stereocenters. The molecule has 0 radical (unpaired) electrons. The highest BCUT2D eigenvalue weighted by molar-refractivity contribution is 7.13. The summed E-state index contributed by atoms with van der Waals surface area (Å²) in [7, 11) is 0. The van der Waals surface area contributed by atoms with Crippen LogP contribution >= 0.6 is 11.3 Å². The van der Waals surface area contributed by atoms with Crippen LogP contribution in [-0.4, -0.2) is 11.5 Å². The zero-order valence-corrected chi connectivity index (χ0v) is 11.7. The Morgan fingerprint density at radius 1 is 1.17 bits per heavy atom. The van der Waals surface area contributed by atoms with Gasteiger partial charge in [-0.2, -0.15) is 0 Å². The molecule has 2 aromatic rings. The van der Waals surface area contributed by atoms with E-state index in [0.717, 1.165) is 17.1 Å². The van der Waals surface area contributed by atoms with E-state index in [-0.39, 0.29) is 0 Å². The van der Waals surface area contributed by atoms with Crippen LogP contribution in [0.25, 0.3) is 10.6 Å². The van der Waals surface area contributed by atoms with Gasteiger partial charge >= 0.3 is 0 Å². The van der Waals surface area contributed by atoms with Gasteiger partial charge in [-0.1, -0.05) is 37.6 Å². The summed E-state index contributed by atoms with van der Waals surface area (Å²) in [4.78, 5) is 4.60.